The maximum absolute atomic E-state index is 5.55. The molecule has 3 heteroatoms. The summed E-state index contributed by atoms with van der Waals surface area (Å²) in [7, 11) is 0. The highest BCUT2D eigenvalue weighted by molar-refractivity contribution is 6.18. The first-order valence-electron chi connectivity index (χ1n) is 4.16. The van der Waals surface area contributed by atoms with Crippen molar-refractivity contribution in [2.45, 2.75) is 37.9 Å². The zero-order valence-corrected chi connectivity index (χ0v) is 8.07. The molecule has 1 rings (SSSR count). The molecule has 0 aromatic carbocycles. The molecule has 66 valence electrons. The minimum Gasteiger partial charge on any atom is -0.370 e. The van der Waals surface area contributed by atoms with Crippen LogP contribution in [0.5, 0.6) is 0 Å². The van der Waals surface area contributed by atoms with Crippen molar-refractivity contribution in [1.82, 2.24) is 0 Å². The molecule has 0 aromatic heterocycles. The van der Waals surface area contributed by atoms with Gasteiger partial charge < -0.3 is 4.74 Å². The normalized spacial score (nSPS) is 28.9. The minimum absolute atomic E-state index is 0.497. The van der Waals surface area contributed by atoms with E-state index >= 15 is 0 Å². The maximum Gasteiger partial charge on any atom is 0.0842 e. The van der Waals surface area contributed by atoms with Gasteiger partial charge in [0, 0.05) is 11.8 Å². The van der Waals surface area contributed by atoms with Crippen molar-refractivity contribution in [3.05, 3.63) is 0 Å². The molecule has 2 unspecified atom stereocenters. The average Bonchev–Trinajstić information content (AvgIpc) is 2.76. The lowest BCUT2D eigenvalue weighted by Gasteiger charge is -1.91. The van der Waals surface area contributed by atoms with Gasteiger partial charge in [0.2, 0.25) is 0 Å². The van der Waals surface area contributed by atoms with Crippen LogP contribution in [0.4, 0.5) is 0 Å². The van der Waals surface area contributed by atoms with Crippen LogP contribution in [-0.2, 0) is 4.74 Å². The standard InChI is InChI=1S/C8H14Cl2O/c9-5-1-3-7-8(11-7)4-2-6-10/h7-8H,1-6H2. The van der Waals surface area contributed by atoms with E-state index in [1.54, 1.807) is 0 Å². The van der Waals surface area contributed by atoms with Crippen LogP contribution in [0.2, 0.25) is 0 Å². The van der Waals surface area contributed by atoms with Crippen molar-refractivity contribution in [1.29, 1.82) is 0 Å². The molecule has 0 aromatic rings. The Balaban J connectivity index is 1.89. The van der Waals surface area contributed by atoms with E-state index in [0.29, 0.717) is 12.2 Å². The van der Waals surface area contributed by atoms with E-state index < -0.39 is 0 Å². The minimum atomic E-state index is 0.497. The second-order valence-corrected chi connectivity index (χ2v) is 3.63. The lowest BCUT2D eigenvalue weighted by molar-refractivity contribution is 0.354. The third-order valence-electron chi connectivity index (χ3n) is 1.93. The molecular weight excluding hydrogens is 183 g/mol. The molecule has 0 spiro atoms. The Kier molecular flexibility index (Phi) is 4.58. The summed E-state index contributed by atoms with van der Waals surface area (Å²) in [4.78, 5) is 0. The van der Waals surface area contributed by atoms with E-state index in [-0.39, 0.29) is 0 Å². The van der Waals surface area contributed by atoms with Crippen molar-refractivity contribution in [2.24, 2.45) is 0 Å². The van der Waals surface area contributed by atoms with Crippen molar-refractivity contribution in [3.8, 4) is 0 Å². The van der Waals surface area contributed by atoms with Crippen LogP contribution in [0.1, 0.15) is 25.7 Å². The molecule has 0 aliphatic carbocycles. The second kappa shape index (κ2) is 5.23. The summed E-state index contributed by atoms with van der Waals surface area (Å²) < 4.78 is 5.40. The lowest BCUT2D eigenvalue weighted by Crippen LogP contribution is -1.94. The van der Waals surface area contributed by atoms with Gasteiger partial charge in [0.25, 0.3) is 0 Å². The van der Waals surface area contributed by atoms with Crippen molar-refractivity contribution in [2.75, 3.05) is 11.8 Å². The quantitative estimate of drug-likeness (QED) is 0.471. The first-order valence-corrected chi connectivity index (χ1v) is 5.22. The number of alkyl halides is 2. The zero-order valence-electron chi connectivity index (χ0n) is 6.56. The van der Waals surface area contributed by atoms with Gasteiger partial charge in [-0.25, -0.2) is 0 Å². The number of hydrogen-bond donors (Lipinski definition) is 0. The topological polar surface area (TPSA) is 12.5 Å². The Hall–Kier alpha value is 0.540. The van der Waals surface area contributed by atoms with E-state index in [1.807, 2.05) is 0 Å². The molecule has 0 bridgehead atoms. The van der Waals surface area contributed by atoms with Gasteiger partial charge in [0.15, 0.2) is 0 Å². The summed E-state index contributed by atoms with van der Waals surface area (Å²) in [5, 5.41) is 0. The Morgan fingerprint density at radius 3 is 1.73 bits per heavy atom. The van der Waals surface area contributed by atoms with Gasteiger partial charge in [0.1, 0.15) is 0 Å². The molecule has 11 heavy (non-hydrogen) atoms. The van der Waals surface area contributed by atoms with E-state index in [1.165, 1.54) is 0 Å². The third kappa shape index (κ3) is 3.64. The smallest absolute Gasteiger partial charge is 0.0842 e. The number of hydrogen-bond acceptors (Lipinski definition) is 1. The number of epoxide rings is 1. The first-order chi connectivity index (χ1) is 5.38. The van der Waals surface area contributed by atoms with E-state index in [2.05, 4.69) is 0 Å². The zero-order chi connectivity index (χ0) is 8.10. The maximum atomic E-state index is 5.55. The first kappa shape index (κ1) is 9.63. The molecule has 1 saturated heterocycles. The number of rotatable bonds is 6. The van der Waals surface area contributed by atoms with Crippen LogP contribution in [0.3, 0.4) is 0 Å². The van der Waals surface area contributed by atoms with Crippen LogP contribution in [0.15, 0.2) is 0 Å². The molecule has 1 fully saturated rings. The third-order valence-corrected chi connectivity index (χ3v) is 2.47. The van der Waals surface area contributed by atoms with Crippen LogP contribution < -0.4 is 0 Å². The molecular formula is C8H14Cl2O. The SMILES string of the molecule is ClCCCC1OC1CCCCl. The highest BCUT2D eigenvalue weighted by Crippen LogP contribution is 2.30. The van der Waals surface area contributed by atoms with Crippen LogP contribution >= 0.6 is 23.2 Å². The van der Waals surface area contributed by atoms with Gasteiger partial charge in [-0.15, -0.1) is 23.2 Å². The summed E-state index contributed by atoms with van der Waals surface area (Å²) in [6, 6.07) is 0. The molecule has 0 amide bonds. The fourth-order valence-corrected chi connectivity index (χ4v) is 1.55. The van der Waals surface area contributed by atoms with Gasteiger partial charge in [-0.1, -0.05) is 0 Å². The molecule has 1 aliphatic rings. The van der Waals surface area contributed by atoms with Gasteiger partial charge in [-0.3, -0.25) is 0 Å². The molecule has 1 heterocycles. The Morgan fingerprint density at radius 2 is 1.36 bits per heavy atom. The highest BCUT2D eigenvalue weighted by Gasteiger charge is 2.36. The summed E-state index contributed by atoms with van der Waals surface area (Å²) in [6.07, 6.45) is 5.38. The molecule has 2 atom stereocenters. The van der Waals surface area contributed by atoms with Crippen LogP contribution in [0, 0.1) is 0 Å². The summed E-state index contributed by atoms with van der Waals surface area (Å²) in [6.45, 7) is 0. The predicted octanol–water partition coefficient (Wildman–Crippen LogP) is 2.79. The van der Waals surface area contributed by atoms with Gasteiger partial charge in [-0.2, -0.15) is 0 Å². The Bertz CT molecular complexity index is 96.3. The van der Waals surface area contributed by atoms with Crippen molar-refractivity contribution in [3.63, 3.8) is 0 Å². The Morgan fingerprint density at radius 1 is 0.909 bits per heavy atom. The second-order valence-electron chi connectivity index (χ2n) is 2.88. The Labute approximate surface area is 78.0 Å². The van der Waals surface area contributed by atoms with Crippen molar-refractivity contribution < 1.29 is 4.74 Å². The number of ether oxygens (including phenoxy) is 1. The van der Waals surface area contributed by atoms with E-state index in [4.69, 9.17) is 27.9 Å². The molecule has 0 N–H and O–H groups in total. The van der Waals surface area contributed by atoms with Crippen molar-refractivity contribution >= 4 is 23.2 Å². The summed E-state index contributed by atoms with van der Waals surface area (Å²) in [5.74, 6) is 1.50. The summed E-state index contributed by atoms with van der Waals surface area (Å²) in [5.41, 5.74) is 0. The lowest BCUT2D eigenvalue weighted by atomic mass is 10.1. The van der Waals surface area contributed by atoms with Crippen LogP contribution in [-0.4, -0.2) is 24.0 Å². The monoisotopic (exact) mass is 196 g/mol. The fourth-order valence-electron chi connectivity index (χ4n) is 1.24. The van der Waals surface area contributed by atoms with E-state index in [9.17, 15) is 0 Å². The fraction of sp³-hybridized carbons (Fsp3) is 1.00. The molecule has 1 nitrogen and oxygen atoms in total. The van der Waals surface area contributed by atoms with Gasteiger partial charge in [0.05, 0.1) is 12.2 Å². The van der Waals surface area contributed by atoms with Gasteiger partial charge >= 0.3 is 0 Å². The molecule has 0 saturated carbocycles. The molecule has 0 radical (unpaired) electrons. The van der Waals surface area contributed by atoms with Gasteiger partial charge in [-0.05, 0) is 25.7 Å². The largest absolute Gasteiger partial charge is 0.370 e. The summed E-state index contributed by atoms with van der Waals surface area (Å²) >= 11 is 11.1. The average molecular weight is 197 g/mol. The number of halogens is 2. The van der Waals surface area contributed by atoms with Crippen LogP contribution in [0.25, 0.3) is 0 Å². The molecule has 1 aliphatic heterocycles. The highest BCUT2D eigenvalue weighted by atomic mass is 35.5. The van der Waals surface area contributed by atoms with E-state index in [0.717, 1.165) is 37.4 Å². The predicted molar refractivity (Wildman–Crippen MR) is 48.6 cm³/mol.